The average Bonchev–Trinajstić information content (AvgIpc) is 3.06. The molecule has 0 radical (unpaired) electrons. The number of hydrogen-bond acceptors (Lipinski definition) is 3. The Morgan fingerprint density at radius 1 is 1.38 bits per heavy atom. The summed E-state index contributed by atoms with van der Waals surface area (Å²) in [6.45, 7) is 4.91. The normalized spacial score (nSPS) is 18.4. The molecule has 0 bridgehead atoms. The molecule has 1 aromatic carbocycles. The van der Waals surface area contributed by atoms with E-state index in [2.05, 4.69) is 9.88 Å². The maximum atomic E-state index is 13.0. The summed E-state index contributed by atoms with van der Waals surface area (Å²) < 4.78 is 13.0. The van der Waals surface area contributed by atoms with Gasteiger partial charge in [0.15, 0.2) is 0 Å². The van der Waals surface area contributed by atoms with Gasteiger partial charge in [-0.25, -0.2) is 4.39 Å². The van der Waals surface area contributed by atoms with Crippen molar-refractivity contribution in [2.45, 2.75) is 19.5 Å². The van der Waals surface area contributed by atoms with E-state index in [1.165, 1.54) is 12.1 Å². The average molecular weight is 326 g/mol. The number of piperazine rings is 1. The molecule has 124 valence electrons. The third-order valence-corrected chi connectivity index (χ3v) is 4.33. The van der Waals surface area contributed by atoms with Crippen LogP contribution < -0.4 is 0 Å². The minimum absolute atomic E-state index is 0.0699. The SMILES string of the molecule is C[C@H]1CN(Cc2ccc(F)cc2)CCN1C(=O)c1cc(C#N)c[nH]1. The molecule has 2 aromatic rings. The lowest BCUT2D eigenvalue weighted by Gasteiger charge is -2.39. The molecule has 0 unspecified atom stereocenters. The summed E-state index contributed by atoms with van der Waals surface area (Å²) >= 11 is 0. The smallest absolute Gasteiger partial charge is 0.270 e. The lowest BCUT2D eigenvalue weighted by Crippen LogP contribution is -2.53. The van der Waals surface area contributed by atoms with Crippen molar-refractivity contribution in [3.8, 4) is 6.07 Å². The number of nitrogens with zero attached hydrogens (tertiary/aromatic N) is 3. The standard InChI is InChI=1S/C18H19FN4O/c1-13-11-22(12-14-2-4-16(19)5-3-14)6-7-23(13)18(24)17-8-15(9-20)10-21-17/h2-5,8,10,13,21H,6-7,11-12H2,1H3/t13-/m0/s1. The number of hydrogen-bond donors (Lipinski definition) is 1. The van der Waals surface area contributed by atoms with E-state index in [1.54, 1.807) is 24.4 Å². The van der Waals surface area contributed by atoms with Gasteiger partial charge in [-0.05, 0) is 30.7 Å². The first-order chi connectivity index (χ1) is 11.6. The first kappa shape index (κ1) is 16.2. The van der Waals surface area contributed by atoms with Crippen LogP contribution in [0.2, 0.25) is 0 Å². The molecule has 6 heteroatoms. The quantitative estimate of drug-likeness (QED) is 0.942. The molecule has 0 saturated carbocycles. The van der Waals surface area contributed by atoms with Crippen LogP contribution in [0.25, 0.3) is 0 Å². The Kier molecular flexibility index (Phi) is 4.63. The van der Waals surface area contributed by atoms with Crippen LogP contribution in [0.3, 0.4) is 0 Å². The zero-order valence-corrected chi connectivity index (χ0v) is 13.5. The van der Waals surface area contributed by atoms with E-state index in [0.29, 0.717) is 17.8 Å². The van der Waals surface area contributed by atoms with Gasteiger partial charge >= 0.3 is 0 Å². The van der Waals surface area contributed by atoms with Gasteiger partial charge in [0.2, 0.25) is 0 Å². The monoisotopic (exact) mass is 326 g/mol. The number of amides is 1. The summed E-state index contributed by atoms with van der Waals surface area (Å²) in [6, 6.07) is 10.2. The van der Waals surface area contributed by atoms with Crippen molar-refractivity contribution in [2.75, 3.05) is 19.6 Å². The molecule has 1 N–H and O–H groups in total. The molecule has 24 heavy (non-hydrogen) atoms. The maximum Gasteiger partial charge on any atom is 0.270 e. The molecule has 2 heterocycles. The van der Waals surface area contributed by atoms with Gasteiger partial charge in [-0.15, -0.1) is 0 Å². The van der Waals surface area contributed by atoms with Crippen molar-refractivity contribution in [1.82, 2.24) is 14.8 Å². The van der Waals surface area contributed by atoms with Gasteiger partial charge in [0.25, 0.3) is 5.91 Å². The van der Waals surface area contributed by atoms with Crippen LogP contribution in [-0.2, 0) is 6.54 Å². The second-order valence-corrected chi connectivity index (χ2v) is 6.12. The summed E-state index contributed by atoms with van der Waals surface area (Å²) in [4.78, 5) is 19.5. The number of aromatic nitrogens is 1. The minimum Gasteiger partial charge on any atom is -0.356 e. The van der Waals surface area contributed by atoms with Crippen molar-refractivity contribution >= 4 is 5.91 Å². The van der Waals surface area contributed by atoms with Crippen LogP contribution in [0.5, 0.6) is 0 Å². The molecule has 3 rings (SSSR count). The zero-order valence-electron chi connectivity index (χ0n) is 13.5. The van der Waals surface area contributed by atoms with Gasteiger partial charge in [0.05, 0.1) is 5.56 Å². The van der Waals surface area contributed by atoms with Crippen LogP contribution in [0, 0.1) is 17.1 Å². The molecule has 1 fully saturated rings. The highest BCUT2D eigenvalue weighted by Crippen LogP contribution is 2.16. The van der Waals surface area contributed by atoms with Crippen molar-refractivity contribution in [3.63, 3.8) is 0 Å². The van der Waals surface area contributed by atoms with E-state index >= 15 is 0 Å². The number of nitriles is 1. The Labute approximate surface area is 140 Å². The highest BCUT2D eigenvalue weighted by molar-refractivity contribution is 5.93. The number of carbonyl (C=O) groups excluding carboxylic acids is 1. The number of carbonyl (C=O) groups is 1. The molecule has 5 nitrogen and oxygen atoms in total. The highest BCUT2D eigenvalue weighted by Gasteiger charge is 2.28. The minimum atomic E-state index is -0.231. The first-order valence-corrected chi connectivity index (χ1v) is 7.93. The van der Waals surface area contributed by atoms with Crippen LogP contribution in [0.15, 0.2) is 36.5 Å². The van der Waals surface area contributed by atoms with Gasteiger partial charge < -0.3 is 9.88 Å². The Morgan fingerprint density at radius 3 is 2.75 bits per heavy atom. The Hall–Kier alpha value is -2.65. The Morgan fingerprint density at radius 2 is 2.12 bits per heavy atom. The largest absolute Gasteiger partial charge is 0.356 e. The molecule has 1 saturated heterocycles. The number of H-pyrrole nitrogens is 1. The second-order valence-electron chi connectivity index (χ2n) is 6.12. The Bertz CT molecular complexity index is 762. The molecular weight excluding hydrogens is 307 g/mol. The molecule has 0 aliphatic carbocycles. The van der Waals surface area contributed by atoms with Gasteiger partial charge in [-0.1, -0.05) is 12.1 Å². The molecule has 1 aliphatic rings. The van der Waals surface area contributed by atoms with Crippen LogP contribution in [0.1, 0.15) is 28.5 Å². The fraction of sp³-hybridized carbons (Fsp3) is 0.333. The second kappa shape index (κ2) is 6.85. The van der Waals surface area contributed by atoms with Gasteiger partial charge in [-0.2, -0.15) is 5.26 Å². The molecule has 1 atom stereocenters. The highest BCUT2D eigenvalue weighted by atomic mass is 19.1. The fourth-order valence-electron chi connectivity index (χ4n) is 3.06. The van der Waals surface area contributed by atoms with E-state index in [4.69, 9.17) is 5.26 Å². The topological polar surface area (TPSA) is 63.1 Å². The zero-order chi connectivity index (χ0) is 17.1. The third-order valence-electron chi connectivity index (χ3n) is 4.33. The Balaban J connectivity index is 1.61. The summed E-state index contributed by atoms with van der Waals surface area (Å²) in [5.74, 6) is -0.310. The summed E-state index contributed by atoms with van der Waals surface area (Å²) in [7, 11) is 0. The van der Waals surface area contributed by atoms with E-state index in [0.717, 1.165) is 25.2 Å². The van der Waals surface area contributed by atoms with Crippen molar-refractivity contribution in [2.24, 2.45) is 0 Å². The first-order valence-electron chi connectivity index (χ1n) is 7.93. The van der Waals surface area contributed by atoms with Crippen LogP contribution in [0.4, 0.5) is 4.39 Å². The summed E-state index contributed by atoms with van der Waals surface area (Å²) in [5, 5.41) is 8.86. The van der Waals surface area contributed by atoms with E-state index < -0.39 is 0 Å². The van der Waals surface area contributed by atoms with Crippen LogP contribution >= 0.6 is 0 Å². The van der Waals surface area contributed by atoms with Crippen molar-refractivity contribution < 1.29 is 9.18 Å². The molecule has 1 aromatic heterocycles. The van der Waals surface area contributed by atoms with Gasteiger partial charge in [0.1, 0.15) is 17.6 Å². The van der Waals surface area contributed by atoms with E-state index in [9.17, 15) is 9.18 Å². The lowest BCUT2D eigenvalue weighted by atomic mass is 10.1. The van der Waals surface area contributed by atoms with E-state index in [1.807, 2.05) is 17.9 Å². The van der Waals surface area contributed by atoms with Crippen LogP contribution in [-0.4, -0.2) is 46.4 Å². The van der Waals surface area contributed by atoms with Crippen molar-refractivity contribution in [3.05, 3.63) is 59.2 Å². The van der Waals surface area contributed by atoms with Gasteiger partial charge in [-0.3, -0.25) is 9.69 Å². The predicted octanol–water partition coefficient (Wildman–Crippen LogP) is 2.37. The fourth-order valence-corrected chi connectivity index (χ4v) is 3.06. The number of benzene rings is 1. The number of rotatable bonds is 3. The molecule has 0 spiro atoms. The number of aromatic amines is 1. The summed E-state index contributed by atoms with van der Waals surface area (Å²) in [6.07, 6.45) is 1.54. The molecule has 1 amide bonds. The maximum absolute atomic E-state index is 13.0. The van der Waals surface area contributed by atoms with E-state index in [-0.39, 0.29) is 17.8 Å². The third kappa shape index (κ3) is 3.47. The number of halogens is 1. The summed E-state index contributed by atoms with van der Waals surface area (Å²) in [5.41, 5.74) is 1.97. The predicted molar refractivity (Wildman–Crippen MR) is 87.7 cm³/mol. The molecular formula is C18H19FN4O. The van der Waals surface area contributed by atoms with Gasteiger partial charge in [0, 0.05) is 38.4 Å². The molecule has 1 aliphatic heterocycles. The number of nitrogens with one attached hydrogen (secondary N) is 1. The lowest BCUT2D eigenvalue weighted by molar-refractivity contribution is 0.0470. The van der Waals surface area contributed by atoms with Crippen molar-refractivity contribution in [1.29, 1.82) is 5.26 Å².